The van der Waals surface area contributed by atoms with Gasteiger partial charge < -0.3 is 4.90 Å². The lowest BCUT2D eigenvalue weighted by atomic mass is 9.92. The molecule has 1 aliphatic heterocycles. The molecule has 2 rings (SSSR count). The van der Waals surface area contributed by atoms with Crippen LogP contribution in [0.5, 0.6) is 0 Å². The first kappa shape index (κ1) is 6.96. The molecule has 1 unspecified atom stereocenters. The highest BCUT2D eigenvalue weighted by atomic mass is 15.1. The van der Waals surface area contributed by atoms with Gasteiger partial charge in [0.2, 0.25) is 0 Å². The van der Waals surface area contributed by atoms with Gasteiger partial charge >= 0.3 is 0 Å². The molecule has 1 heterocycles. The molecule has 0 N–H and O–H groups in total. The van der Waals surface area contributed by atoms with Crippen molar-refractivity contribution in [2.45, 2.75) is 19.8 Å². The third-order valence-corrected chi connectivity index (χ3v) is 2.85. The first-order valence-electron chi connectivity index (χ1n) is 4.40. The Morgan fingerprint density at radius 2 is 2.36 bits per heavy atom. The first-order chi connectivity index (χ1) is 5.29. The number of hydrogen-bond donors (Lipinski definition) is 0. The average molecular weight is 149 g/mol. The average Bonchev–Trinajstić information content (AvgIpc) is 2.45. The Balaban J connectivity index is 2.32. The summed E-state index contributed by atoms with van der Waals surface area (Å²) in [5.41, 5.74) is 3.14. The summed E-state index contributed by atoms with van der Waals surface area (Å²) in [6.07, 6.45) is 7.08. The van der Waals surface area contributed by atoms with Crippen molar-refractivity contribution in [1.82, 2.24) is 4.90 Å². The molecule has 1 atom stereocenters. The van der Waals surface area contributed by atoms with Crippen LogP contribution >= 0.6 is 0 Å². The number of allylic oxidation sites excluding steroid dienone is 3. The maximum absolute atomic E-state index is 2.37. The smallest absolute Gasteiger partial charge is 0.0358 e. The van der Waals surface area contributed by atoms with Gasteiger partial charge in [-0.25, -0.2) is 0 Å². The summed E-state index contributed by atoms with van der Waals surface area (Å²) in [6, 6.07) is 0. The quantitative estimate of drug-likeness (QED) is 0.510. The molecule has 0 aromatic rings. The van der Waals surface area contributed by atoms with Crippen molar-refractivity contribution in [3.05, 3.63) is 23.4 Å². The summed E-state index contributed by atoms with van der Waals surface area (Å²) < 4.78 is 0. The zero-order chi connectivity index (χ0) is 7.84. The Kier molecular flexibility index (Phi) is 1.52. The van der Waals surface area contributed by atoms with Gasteiger partial charge in [-0.2, -0.15) is 0 Å². The molecule has 1 nitrogen and oxygen atoms in total. The summed E-state index contributed by atoms with van der Waals surface area (Å²) in [5.74, 6) is 0.816. The van der Waals surface area contributed by atoms with Gasteiger partial charge in [-0.1, -0.05) is 13.0 Å². The molecule has 1 heteroatoms. The largest absolute Gasteiger partial charge is 0.375 e. The Morgan fingerprint density at radius 3 is 3.09 bits per heavy atom. The Hall–Kier alpha value is -0.720. The monoisotopic (exact) mass is 149 g/mol. The standard InChI is InChI=1S/C10H15N/c1-8-6-7-11(2)10-5-3-4-9(8)10/h3,5,8H,4,6-7H2,1-2H3. The summed E-state index contributed by atoms with van der Waals surface area (Å²) in [6.45, 7) is 3.57. The van der Waals surface area contributed by atoms with Gasteiger partial charge in [0, 0.05) is 19.3 Å². The first-order valence-corrected chi connectivity index (χ1v) is 4.40. The van der Waals surface area contributed by atoms with Gasteiger partial charge in [-0.3, -0.25) is 0 Å². The van der Waals surface area contributed by atoms with Gasteiger partial charge in [-0.15, -0.1) is 0 Å². The zero-order valence-corrected chi connectivity index (χ0v) is 7.30. The molecule has 0 amide bonds. The van der Waals surface area contributed by atoms with E-state index < -0.39 is 0 Å². The summed E-state index contributed by atoms with van der Waals surface area (Å²) in [7, 11) is 2.19. The van der Waals surface area contributed by atoms with Crippen molar-refractivity contribution in [3.63, 3.8) is 0 Å². The molecule has 2 aliphatic rings. The van der Waals surface area contributed by atoms with Gasteiger partial charge in [0.1, 0.15) is 0 Å². The molecule has 11 heavy (non-hydrogen) atoms. The van der Waals surface area contributed by atoms with Crippen molar-refractivity contribution >= 4 is 0 Å². The molecule has 60 valence electrons. The lowest BCUT2D eigenvalue weighted by molar-refractivity contribution is 0.353. The van der Waals surface area contributed by atoms with Crippen molar-refractivity contribution in [1.29, 1.82) is 0 Å². The molecule has 0 bridgehead atoms. The van der Waals surface area contributed by atoms with Crippen LogP contribution in [0.25, 0.3) is 0 Å². The molecule has 0 fully saturated rings. The SMILES string of the molecule is CC1CCN(C)C2=C1CC=C2. The summed E-state index contributed by atoms with van der Waals surface area (Å²) in [5, 5.41) is 0. The zero-order valence-electron chi connectivity index (χ0n) is 7.30. The molecule has 0 saturated heterocycles. The van der Waals surface area contributed by atoms with Gasteiger partial charge in [0.25, 0.3) is 0 Å². The van der Waals surface area contributed by atoms with Crippen molar-refractivity contribution in [3.8, 4) is 0 Å². The van der Waals surface area contributed by atoms with E-state index in [0.717, 1.165) is 5.92 Å². The molecule has 0 spiro atoms. The van der Waals surface area contributed by atoms with Crippen molar-refractivity contribution in [2.75, 3.05) is 13.6 Å². The van der Waals surface area contributed by atoms with Crippen LogP contribution in [0.15, 0.2) is 23.4 Å². The normalized spacial score (nSPS) is 29.6. The van der Waals surface area contributed by atoms with E-state index in [1.807, 2.05) is 0 Å². The Morgan fingerprint density at radius 1 is 1.55 bits per heavy atom. The van der Waals surface area contributed by atoms with E-state index in [2.05, 4.69) is 31.0 Å². The Labute approximate surface area is 68.4 Å². The highest BCUT2D eigenvalue weighted by Crippen LogP contribution is 2.33. The van der Waals surface area contributed by atoms with E-state index in [-0.39, 0.29) is 0 Å². The number of likely N-dealkylation sites (N-methyl/N-ethyl adjacent to an activating group) is 1. The van der Waals surface area contributed by atoms with E-state index >= 15 is 0 Å². The van der Waals surface area contributed by atoms with Crippen LogP contribution in [0.3, 0.4) is 0 Å². The second-order valence-electron chi connectivity index (χ2n) is 3.63. The second-order valence-corrected chi connectivity index (χ2v) is 3.63. The fourth-order valence-corrected chi connectivity index (χ4v) is 2.02. The second kappa shape index (κ2) is 2.40. The lowest BCUT2D eigenvalue weighted by Gasteiger charge is -2.30. The van der Waals surface area contributed by atoms with Crippen molar-refractivity contribution < 1.29 is 0 Å². The van der Waals surface area contributed by atoms with Crippen LogP contribution in [-0.4, -0.2) is 18.5 Å². The van der Waals surface area contributed by atoms with Crippen LogP contribution in [0.1, 0.15) is 19.8 Å². The van der Waals surface area contributed by atoms with Gasteiger partial charge in [0.15, 0.2) is 0 Å². The van der Waals surface area contributed by atoms with Gasteiger partial charge in [0.05, 0.1) is 0 Å². The predicted molar refractivity (Wildman–Crippen MR) is 47.2 cm³/mol. The highest BCUT2D eigenvalue weighted by molar-refractivity contribution is 5.35. The van der Waals surface area contributed by atoms with Crippen LogP contribution in [0, 0.1) is 5.92 Å². The van der Waals surface area contributed by atoms with E-state index in [0.29, 0.717) is 0 Å². The van der Waals surface area contributed by atoms with E-state index in [1.165, 1.54) is 25.1 Å². The number of hydrogen-bond acceptors (Lipinski definition) is 1. The highest BCUT2D eigenvalue weighted by Gasteiger charge is 2.22. The fourth-order valence-electron chi connectivity index (χ4n) is 2.02. The van der Waals surface area contributed by atoms with Crippen molar-refractivity contribution in [2.24, 2.45) is 5.92 Å². The predicted octanol–water partition coefficient (Wildman–Crippen LogP) is 2.17. The minimum Gasteiger partial charge on any atom is -0.375 e. The van der Waals surface area contributed by atoms with Crippen LogP contribution < -0.4 is 0 Å². The van der Waals surface area contributed by atoms with E-state index in [1.54, 1.807) is 5.57 Å². The molecule has 0 aromatic heterocycles. The minimum atomic E-state index is 0.816. The number of rotatable bonds is 0. The third kappa shape index (κ3) is 0.991. The molecular weight excluding hydrogens is 134 g/mol. The molecular formula is C10H15N. The molecule has 0 saturated carbocycles. The number of nitrogens with zero attached hydrogens (tertiary/aromatic N) is 1. The van der Waals surface area contributed by atoms with Crippen LogP contribution in [0.4, 0.5) is 0 Å². The van der Waals surface area contributed by atoms with Crippen LogP contribution in [0.2, 0.25) is 0 Å². The topological polar surface area (TPSA) is 3.24 Å². The minimum absolute atomic E-state index is 0.816. The molecule has 0 radical (unpaired) electrons. The molecule has 0 aromatic carbocycles. The maximum atomic E-state index is 2.37. The lowest BCUT2D eigenvalue weighted by Crippen LogP contribution is -2.26. The summed E-state index contributed by atoms with van der Waals surface area (Å²) in [4.78, 5) is 2.37. The van der Waals surface area contributed by atoms with Gasteiger partial charge in [-0.05, 0) is 30.4 Å². The van der Waals surface area contributed by atoms with Crippen LogP contribution in [-0.2, 0) is 0 Å². The van der Waals surface area contributed by atoms with E-state index in [4.69, 9.17) is 0 Å². The fraction of sp³-hybridized carbons (Fsp3) is 0.600. The molecule has 1 aliphatic carbocycles. The third-order valence-electron chi connectivity index (χ3n) is 2.85. The maximum Gasteiger partial charge on any atom is 0.0358 e. The Bertz CT molecular complexity index is 225. The summed E-state index contributed by atoms with van der Waals surface area (Å²) >= 11 is 0. The van der Waals surface area contributed by atoms with E-state index in [9.17, 15) is 0 Å².